The van der Waals surface area contributed by atoms with Crippen LogP contribution in [0.5, 0.6) is 0 Å². The zero-order chi connectivity index (χ0) is 13.1. The fourth-order valence-corrected chi connectivity index (χ4v) is 2.48. The molecule has 0 saturated carbocycles. The summed E-state index contributed by atoms with van der Waals surface area (Å²) < 4.78 is 27.4. The first-order chi connectivity index (χ1) is 7.83. The Bertz CT molecular complexity index is 471. The summed E-state index contributed by atoms with van der Waals surface area (Å²) >= 11 is 0. The third-order valence-electron chi connectivity index (χ3n) is 2.24. The van der Waals surface area contributed by atoms with Crippen molar-refractivity contribution in [2.45, 2.75) is 26.4 Å². The van der Waals surface area contributed by atoms with Crippen LogP contribution in [0.1, 0.15) is 19.4 Å². The van der Waals surface area contributed by atoms with E-state index in [-0.39, 0.29) is 12.6 Å². The molecule has 1 aromatic carbocycles. The van der Waals surface area contributed by atoms with E-state index < -0.39 is 10.2 Å². The summed E-state index contributed by atoms with van der Waals surface area (Å²) in [5.74, 6) is 0. The summed E-state index contributed by atoms with van der Waals surface area (Å²) in [6.07, 6.45) is 0. The van der Waals surface area contributed by atoms with Gasteiger partial charge in [0.25, 0.3) is 10.2 Å². The van der Waals surface area contributed by atoms with E-state index in [0.29, 0.717) is 5.69 Å². The van der Waals surface area contributed by atoms with Crippen LogP contribution in [0.3, 0.4) is 0 Å². The molecule has 0 aliphatic rings. The molecule has 0 spiro atoms. The van der Waals surface area contributed by atoms with E-state index in [4.69, 9.17) is 5.73 Å². The SMILES string of the molecule is CC(C)NS(=O)(=O)N(C)Cc1ccccc1N. The highest BCUT2D eigenvalue weighted by Gasteiger charge is 2.19. The van der Waals surface area contributed by atoms with Crippen molar-refractivity contribution in [2.75, 3.05) is 12.8 Å². The standard InChI is InChI=1S/C11H19N3O2S/c1-9(2)13-17(15,16)14(3)8-10-6-4-5-7-11(10)12/h4-7,9,13H,8,12H2,1-3H3. The molecule has 0 aromatic heterocycles. The molecule has 0 saturated heterocycles. The third kappa shape index (κ3) is 3.99. The van der Waals surface area contributed by atoms with Crippen molar-refractivity contribution in [1.82, 2.24) is 9.03 Å². The Morgan fingerprint density at radius 2 is 1.94 bits per heavy atom. The number of para-hydroxylation sites is 1. The average molecular weight is 257 g/mol. The van der Waals surface area contributed by atoms with Crippen molar-refractivity contribution >= 4 is 15.9 Å². The lowest BCUT2D eigenvalue weighted by atomic mass is 10.2. The van der Waals surface area contributed by atoms with Crippen LogP contribution in [0.25, 0.3) is 0 Å². The van der Waals surface area contributed by atoms with Gasteiger partial charge in [-0.2, -0.15) is 17.4 Å². The lowest BCUT2D eigenvalue weighted by Crippen LogP contribution is -2.41. The highest BCUT2D eigenvalue weighted by Crippen LogP contribution is 2.13. The predicted octanol–water partition coefficient (Wildman–Crippen LogP) is 0.943. The molecular formula is C11H19N3O2S. The fourth-order valence-electron chi connectivity index (χ4n) is 1.39. The van der Waals surface area contributed by atoms with Gasteiger partial charge in [0, 0.05) is 25.3 Å². The van der Waals surface area contributed by atoms with E-state index in [1.165, 1.54) is 11.4 Å². The summed E-state index contributed by atoms with van der Waals surface area (Å²) in [5, 5.41) is 0. The summed E-state index contributed by atoms with van der Waals surface area (Å²) in [4.78, 5) is 0. The lowest BCUT2D eigenvalue weighted by molar-refractivity contribution is 0.449. The zero-order valence-electron chi connectivity index (χ0n) is 10.3. The molecule has 5 nitrogen and oxygen atoms in total. The number of benzene rings is 1. The molecule has 0 amide bonds. The van der Waals surface area contributed by atoms with Gasteiger partial charge in [-0.15, -0.1) is 0 Å². The molecule has 1 rings (SSSR count). The maximum atomic E-state index is 11.8. The van der Waals surface area contributed by atoms with E-state index in [1.54, 1.807) is 19.9 Å². The second kappa shape index (κ2) is 5.48. The molecule has 0 aliphatic carbocycles. The monoisotopic (exact) mass is 257 g/mol. The first kappa shape index (κ1) is 14.0. The Labute approximate surface area is 103 Å². The minimum absolute atomic E-state index is 0.129. The quantitative estimate of drug-likeness (QED) is 0.771. The number of hydrogen-bond acceptors (Lipinski definition) is 3. The Kier molecular flexibility index (Phi) is 4.50. The molecule has 96 valence electrons. The summed E-state index contributed by atoms with van der Waals surface area (Å²) in [5.41, 5.74) is 7.16. The van der Waals surface area contributed by atoms with Gasteiger partial charge in [0.05, 0.1) is 0 Å². The van der Waals surface area contributed by atoms with Crippen molar-refractivity contribution in [3.05, 3.63) is 29.8 Å². The number of nitrogen functional groups attached to an aromatic ring is 1. The molecule has 17 heavy (non-hydrogen) atoms. The van der Waals surface area contributed by atoms with Crippen LogP contribution >= 0.6 is 0 Å². The van der Waals surface area contributed by atoms with Crippen LogP contribution in [-0.4, -0.2) is 25.8 Å². The average Bonchev–Trinajstić information content (AvgIpc) is 2.19. The molecule has 0 fully saturated rings. The Balaban J connectivity index is 2.79. The number of anilines is 1. The summed E-state index contributed by atoms with van der Waals surface area (Å²) in [6.45, 7) is 3.82. The van der Waals surface area contributed by atoms with E-state index in [0.717, 1.165) is 5.56 Å². The molecule has 0 bridgehead atoms. The maximum Gasteiger partial charge on any atom is 0.279 e. The first-order valence-corrected chi connectivity index (χ1v) is 6.84. The van der Waals surface area contributed by atoms with Gasteiger partial charge < -0.3 is 5.73 Å². The van der Waals surface area contributed by atoms with Crippen LogP contribution in [0.15, 0.2) is 24.3 Å². The maximum absolute atomic E-state index is 11.8. The van der Waals surface area contributed by atoms with Gasteiger partial charge in [-0.1, -0.05) is 18.2 Å². The van der Waals surface area contributed by atoms with Gasteiger partial charge in [-0.05, 0) is 25.5 Å². The number of nitrogens with zero attached hydrogens (tertiary/aromatic N) is 1. The largest absolute Gasteiger partial charge is 0.398 e. The highest BCUT2D eigenvalue weighted by molar-refractivity contribution is 7.87. The highest BCUT2D eigenvalue weighted by atomic mass is 32.2. The topological polar surface area (TPSA) is 75.4 Å². The van der Waals surface area contributed by atoms with Crippen molar-refractivity contribution < 1.29 is 8.42 Å². The Morgan fingerprint density at radius 3 is 2.47 bits per heavy atom. The second-order valence-electron chi connectivity index (χ2n) is 4.23. The van der Waals surface area contributed by atoms with Crippen molar-refractivity contribution in [1.29, 1.82) is 0 Å². The number of nitrogens with two attached hydrogens (primary N) is 1. The smallest absolute Gasteiger partial charge is 0.279 e. The third-order valence-corrected chi connectivity index (χ3v) is 3.96. The molecule has 1 aromatic rings. The number of rotatable bonds is 5. The molecule has 0 unspecified atom stereocenters. The van der Waals surface area contributed by atoms with E-state index >= 15 is 0 Å². The van der Waals surface area contributed by atoms with E-state index in [2.05, 4.69) is 4.72 Å². The summed E-state index contributed by atoms with van der Waals surface area (Å²) in [6, 6.07) is 7.10. The summed E-state index contributed by atoms with van der Waals surface area (Å²) in [7, 11) is -1.92. The van der Waals surface area contributed by atoms with Gasteiger partial charge in [0.2, 0.25) is 0 Å². The molecule has 3 N–H and O–H groups in total. The van der Waals surface area contributed by atoms with Crippen LogP contribution < -0.4 is 10.5 Å². The normalized spacial score (nSPS) is 12.3. The van der Waals surface area contributed by atoms with Crippen molar-refractivity contribution in [3.63, 3.8) is 0 Å². The molecular weight excluding hydrogens is 238 g/mol. The van der Waals surface area contributed by atoms with Gasteiger partial charge >= 0.3 is 0 Å². The first-order valence-electron chi connectivity index (χ1n) is 5.40. The fraction of sp³-hybridized carbons (Fsp3) is 0.455. The Hall–Kier alpha value is -1.11. The minimum atomic E-state index is -3.45. The zero-order valence-corrected chi connectivity index (χ0v) is 11.2. The number of nitrogens with one attached hydrogen (secondary N) is 1. The minimum Gasteiger partial charge on any atom is -0.398 e. The molecule has 0 radical (unpaired) electrons. The molecule has 0 aliphatic heterocycles. The van der Waals surface area contributed by atoms with Crippen LogP contribution in [-0.2, 0) is 16.8 Å². The van der Waals surface area contributed by atoms with Gasteiger partial charge in [-0.3, -0.25) is 0 Å². The Morgan fingerprint density at radius 1 is 1.35 bits per heavy atom. The van der Waals surface area contributed by atoms with Crippen LogP contribution in [0, 0.1) is 0 Å². The van der Waals surface area contributed by atoms with E-state index in [1.807, 2.05) is 18.2 Å². The van der Waals surface area contributed by atoms with Crippen LogP contribution in [0.4, 0.5) is 5.69 Å². The van der Waals surface area contributed by atoms with Crippen molar-refractivity contribution in [2.24, 2.45) is 0 Å². The van der Waals surface area contributed by atoms with Gasteiger partial charge in [0.15, 0.2) is 0 Å². The molecule has 0 atom stereocenters. The van der Waals surface area contributed by atoms with Gasteiger partial charge in [0.1, 0.15) is 0 Å². The van der Waals surface area contributed by atoms with Crippen LogP contribution in [0.2, 0.25) is 0 Å². The number of hydrogen-bond donors (Lipinski definition) is 2. The predicted molar refractivity (Wildman–Crippen MR) is 69.5 cm³/mol. The molecule has 6 heteroatoms. The van der Waals surface area contributed by atoms with Crippen molar-refractivity contribution in [3.8, 4) is 0 Å². The second-order valence-corrected chi connectivity index (χ2v) is 6.04. The van der Waals surface area contributed by atoms with Gasteiger partial charge in [-0.25, -0.2) is 0 Å². The lowest BCUT2D eigenvalue weighted by Gasteiger charge is -2.20. The molecule has 0 heterocycles. The van der Waals surface area contributed by atoms with E-state index in [9.17, 15) is 8.42 Å².